The van der Waals surface area contributed by atoms with Gasteiger partial charge in [-0.15, -0.1) is 0 Å². The number of nitrogens with one attached hydrogen (secondary N) is 1. The van der Waals surface area contributed by atoms with Crippen molar-refractivity contribution >= 4 is 11.6 Å². The van der Waals surface area contributed by atoms with E-state index in [4.69, 9.17) is 9.47 Å². The standard InChI is InChI=1S/C21H21N3O5/c1-28-17-10-16(11-18(12-17)29-2)22-19(25)14-24-9-8-23(20(26)21(24)27)13-15-6-4-3-5-7-15/h3-12H,13-14H2,1-2H3,(H,22,25). The maximum Gasteiger partial charge on any atom is 0.316 e. The summed E-state index contributed by atoms with van der Waals surface area (Å²) in [5, 5.41) is 2.67. The molecule has 0 spiro atoms. The zero-order chi connectivity index (χ0) is 20.8. The summed E-state index contributed by atoms with van der Waals surface area (Å²) >= 11 is 0. The minimum Gasteiger partial charge on any atom is -0.497 e. The van der Waals surface area contributed by atoms with Crippen molar-refractivity contribution in [2.24, 2.45) is 0 Å². The summed E-state index contributed by atoms with van der Waals surface area (Å²) in [5.41, 5.74) is -0.0952. The highest BCUT2D eigenvalue weighted by atomic mass is 16.5. The average molecular weight is 395 g/mol. The first-order valence-corrected chi connectivity index (χ1v) is 8.87. The summed E-state index contributed by atoms with van der Waals surface area (Å²) in [7, 11) is 3.01. The van der Waals surface area contributed by atoms with Crippen molar-refractivity contribution < 1.29 is 14.3 Å². The molecule has 0 saturated carbocycles. The second kappa shape index (κ2) is 8.92. The van der Waals surface area contributed by atoms with Crippen LogP contribution in [0.25, 0.3) is 0 Å². The number of amides is 1. The molecule has 3 rings (SSSR count). The van der Waals surface area contributed by atoms with Crippen LogP contribution in [0.2, 0.25) is 0 Å². The molecule has 8 heteroatoms. The molecule has 8 nitrogen and oxygen atoms in total. The number of ether oxygens (including phenoxy) is 2. The number of aromatic nitrogens is 2. The van der Waals surface area contributed by atoms with E-state index in [1.54, 1.807) is 18.2 Å². The van der Waals surface area contributed by atoms with Gasteiger partial charge < -0.3 is 19.4 Å². The molecule has 1 N–H and O–H groups in total. The van der Waals surface area contributed by atoms with Gasteiger partial charge in [0, 0.05) is 36.3 Å². The molecule has 0 atom stereocenters. The maximum atomic E-state index is 12.4. The van der Waals surface area contributed by atoms with Gasteiger partial charge >= 0.3 is 11.1 Å². The SMILES string of the molecule is COc1cc(NC(=O)Cn2ccn(Cc3ccccc3)c(=O)c2=O)cc(OC)c1. The van der Waals surface area contributed by atoms with Crippen LogP contribution in [0.4, 0.5) is 5.69 Å². The van der Waals surface area contributed by atoms with Gasteiger partial charge in [-0.05, 0) is 5.56 Å². The second-order valence-corrected chi connectivity index (χ2v) is 6.30. The molecule has 0 saturated heterocycles. The normalized spacial score (nSPS) is 10.4. The molecule has 1 amide bonds. The van der Waals surface area contributed by atoms with Crippen molar-refractivity contribution in [1.82, 2.24) is 9.13 Å². The van der Waals surface area contributed by atoms with Crippen LogP contribution in [0.1, 0.15) is 5.56 Å². The van der Waals surface area contributed by atoms with E-state index in [1.165, 1.54) is 31.2 Å². The molecule has 1 heterocycles. The first-order valence-electron chi connectivity index (χ1n) is 8.87. The van der Waals surface area contributed by atoms with Crippen LogP contribution in [0, 0.1) is 0 Å². The number of nitrogens with zero attached hydrogens (tertiary/aromatic N) is 2. The highest BCUT2D eigenvalue weighted by Gasteiger charge is 2.11. The number of anilines is 1. The number of carbonyl (C=O) groups is 1. The smallest absolute Gasteiger partial charge is 0.316 e. The van der Waals surface area contributed by atoms with Crippen molar-refractivity contribution in [2.45, 2.75) is 13.1 Å². The Kier molecular flexibility index (Phi) is 6.13. The number of carbonyl (C=O) groups excluding carboxylic acids is 1. The topological polar surface area (TPSA) is 91.6 Å². The number of hydrogen-bond acceptors (Lipinski definition) is 5. The monoisotopic (exact) mass is 395 g/mol. The molecule has 2 aromatic carbocycles. The third-order valence-corrected chi connectivity index (χ3v) is 4.28. The molecule has 3 aromatic rings. The molecule has 0 aliphatic rings. The Hall–Kier alpha value is -3.81. The van der Waals surface area contributed by atoms with Gasteiger partial charge in [0.25, 0.3) is 0 Å². The fourth-order valence-corrected chi connectivity index (χ4v) is 2.81. The van der Waals surface area contributed by atoms with Crippen molar-refractivity contribution in [3.63, 3.8) is 0 Å². The van der Waals surface area contributed by atoms with Crippen molar-refractivity contribution in [3.05, 3.63) is 87.2 Å². The van der Waals surface area contributed by atoms with Gasteiger partial charge in [-0.25, -0.2) is 0 Å². The lowest BCUT2D eigenvalue weighted by atomic mass is 10.2. The molecule has 150 valence electrons. The lowest BCUT2D eigenvalue weighted by Gasteiger charge is -2.11. The molecule has 0 unspecified atom stereocenters. The highest BCUT2D eigenvalue weighted by Crippen LogP contribution is 2.25. The Morgan fingerprint density at radius 1 is 0.897 bits per heavy atom. The van der Waals surface area contributed by atoms with Crippen LogP contribution < -0.4 is 25.9 Å². The van der Waals surface area contributed by atoms with E-state index in [2.05, 4.69) is 5.32 Å². The van der Waals surface area contributed by atoms with E-state index >= 15 is 0 Å². The van der Waals surface area contributed by atoms with E-state index in [0.29, 0.717) is 17.2 Å². The predicted molar refractivity (Wildman–Crippen MR) is 109 cm³/mol. The van der Waals surface area contributed by atoms with Gasteiger partial charge in [0.1, 0.15) is 18.0 Å². The Morgan fingerprint density at radius 3 is 2.10 bits per heavy atom. The molecule has 29 heavy (non-hydrogen) atoms. The Balaban J connectivity index is 1.75. The number of rotatable bonds is 7. The van der Waals surface area contributed by atoms with Crippen LogP contribution >= 0.6 is 0 Å². The molecule has 1 aromatic heterocycles. The van der Waals surface area contributed by atoms with E-state index in [0.717, 1.165) is 10.1 Å². The number of hydrogen-bond donors (Lipinski definition) is 1. The Morgan fingerprint density at radius 2 is 1.48 bits per heavy atom. The van der Waals surface area contributed by atoms with Crippen LogP contribution in [0.15, 0.2) is 70.5 Å². The maximum absolute atomic E-state index is 12.4. The van der Waals surface area contributed by atoms with Gasteiger partial charge in [0.2, 0.25) is 5.91 Å². The van der Waals surface area contributed by atoms with E-state index in [-0.39, 0.29) is 13.1 Å². The third kappa shape index (κ3) is 4.92. The molecule has 0 aliphatic carbocycles. The lowest BCUT2D eigenvalue weighted by Crippen LogP contribution is -2.42. The molecule has 0 bridgehead atoms. The van der Waals surface area contributed by atoms with Crippen LogP contribution in [-0.2, 0) is 17.9 Å². The van der Waals surface area contributed by atoms with Gasteiger partial charge in [-0.3, -0.25) is 19.0 Å². The second-order valence-electron chi connectivity index (χ2n) is 6.30. The van der Waals surface area contributed by atoms with Crippen LogP contribution in [-0.4, -0.2) is 29.3 Å². The molecule has 0 aliphatic heterocycles. The predicted octanol–water partition coefficient (Wildman–Crippen LogP) is 1.71. The summed E-state index contributed by atoms with van der Waals surface area (Å²) in [6.45, 7) is -0.00860. The van der Waals surface area contributed by atoms with Crippen molar-refractivity contribution in [3.8, 4) is 11.5 Å². The fraction of sp³-hybridized carbons (Fsp3) is 0.190. The van der Waals surface area contributed by atoms with Gasteiger partial charge in [0.15, 0.2) is 0 Å². The van der Waals surface area contributed by atoms with Gasteiger partial charge in [-0.1, -0.05) is 30.3 Å². The van der Waals surface area contributed by atoms with Crippen LogP contribution in [0.3, 0.4) is 0 Å². The number of benzene rings is 2. The number of methoxy groups -OCH3 is 2. The largest absolute Gasteiger partial charge is 0.497 e. The lowest BCUT2D eigenvalue weighted by molar-refractivity contribution is -0.116. The highest BCUT2D eigenvalue weighted by molar-refractivity contribution is 5.91. The van der Waals surface area contributed by atoms with E-state index in [9.17, 15) is 14.4 Å². The molecular formula is C21H21N3O5. The molecule has 0 fully saturated rings. The van der Waals surface area contributed by atoms with Gasteiger partial charge in [-0.2, -0.15) is 0 Å². The summed E-state index contributed by atoms with van der Waals surface area (Å²) < 4.78 is 12.7. The van der Waals surface area contributed by atoms with E-state index < -0.39 is 17.0 Å². The zero-order valence-electron chi connectivity index (χ0n) is 16.1. The minimum atomic E-state index is -0.762. The third-order valence-electron chi connectivity index (χ3n) is 4.28. The first kappa shape index (κ1) is 19.9. The zero-order valence-corrected chi connectivity index (χ0v) is 16.1. The Labute approximate surface area is 166 Å². The fourth-order valence-electron chi connectivity index (χ4n) is 2.81. The molecule has 0 radical (unpaired) electrons. The summed E-state index contributed by atoms with van der Waals surface area (Å²) in [4.78, 5) is 37.1. The first-order chi connectivity index (χ1) is 14.0. The van der Waals surface area contributed by atoms with Crippen molar-refractivity contribution in [2.75, 3.05) is 19.5 Å². The summed E-state index contributed by atoms with van der Waals surface area (Å²) in [6, 6.07) is 14.3. The van der Waals surface area contributed by atoms with Crippen molar-refractivity contribution in [1.29, 1.82) is 0 Å². The average Bonchev–Trinajstić information content (AvgIpc) is 2.73. The Bertz CT molecular complexity index is 1100. The summed E-state index contributed by atoms with van der Waals surface area (Å²) in [5.74, 6) is 0.572. The van der Waals surface area contributed by atoms with Crippen LogP contribution in [0.5, 0.6) is 11.5 Å². The van der Waals surface area contributed by atoms with E-state index in [1.807, 2.05) is 30.3 Å². The molecular weight excluding hydrogens is 374 g/mol. The minimum absolute atomic E-state index is 0.283. The quantitative estimate of drug-likeness (QED) is 0.615. The van der Waals surface area contributed by atoms with Gasteiger partial charge in [0.05, 0.1) is 20.8 Å². The summed E-state index contributed by atoms with van der Waals surface area (Å²) in [6.07, 6.45) is 2.93.